The van der Waals surface area contributed by atoms with E-state index in [1.165, 1.54) is 30.0 Å². The summed E-state index contributed by atoms with van der Waals surface area (Å²) in [4.78, 5) is 0. The standard InChI is InChI=1S/C17H31N3O2S/c1-2-3-4-5-6-7-12-17-23(21,22)20(15-10-8-13-18)16-11-9-14-19/h2-12,15-17H2,1H3. The largest absolute Gasteiger partial charge is 0.214 e. The Bertz CT molecular complexity index is 443. The minimum Gasteiger partial charge on any atom is -0.212 e. The van der Waals surface area contributed by atoms with E-state index in [4.69, 9.17) is 10.5 Å². The summed E-state index contributed by atoms with van der Waals surface area (Å²) in [6, 6.07) is 4.09. The Kier molecular flexibility index (Phi) is 13.8. The molecule has 0 aromatic rings. The lowest BCUT2D eigenvalue weighted by molar-refractivity contribution is 0.400. The Morgan fingerprint density at radius 3 is 1.74 bits per heavy atom. The first-order valence-corrected chi connectivity index (χ1v) is 10.4. The zero-order chi connectivity index (χ0) is 17.4. The van der Waals surface area contributed by atoms with Gasteiger partial charge in [0.2, 0.25) is 10.0 Å². The normalized spacial score (nSPS) is 11.3. The van der Waals surface area contributed by atoms with E-state index in [1.54, 1.807) is 0 Å². The summed E-state index contributed by atoms with van der Waals surface area (Å²) in [7, 11) is -3.27. The monoisotopic (exact) mass is 341 g/mol. The number of hydrogen-bond acceptors (Lipinski definition) is 4. The molecule has 23 heavy (non-hydrogen) atoms. The second-order valence-corrected chi connectivity index (χ2v) is 7.95. The SMILES string of the molecule is CCCCCCCCCS(=O)(=O)N(CCCC#N)CCCC#N. The smallest absolute Gasteiger partial charge is 0.212 e. The summed E-state index contributed by atoms with van der Waals surface area (Å²) in [5.41, 5.74) is 0. The Hall–Kier alpha value is -1.11. The van der Waals surface area contributed by atoms with Gasteiger partial charge in [0.25, 0.3) is 0 Å². The summed E-state index contributed by atoms with van der Waals surface area (Å²) in [6.07, 6.45) is 9.47. The fourth-order valence-electron chi connectivity index (χ4n) is 2.43. The molecule has 0 spiro atoms. The van der Waals surface area contributed by atoms with Gasteiger partial charge in [-0.1, -0.05) is 45.4 Å². The number of unbranched alkanes of at least 4 members (excludes halogenated alkanes) is 8. The lowest BCUT2D eigenvalue weighted by Crippen LogP contribution is -2.34. The van der Waals surface area contributed by atoms with Crippen molar-refractivity contribution in [2.45, 2.75) is 77.6 Å². The molecular formula is C17H31N3O2S. The first-order chi connectivity index (χ1) is 11.1. The third-order valence-electron chi connectivity index (χ3n) is 3.79. The molecule has 0 aliphatic rings. The summed E-state index contributed by atoms with van der Waals surface area (Å²) in [5, 5.41) is 17.2. The molecule has 0 fully saturated rings. The van der Waals surface area contributed by atoms with Crippen LogP contribution in [0, 0.1) is 22.7 Å². The quantitative estimate of drug-likeness (QED) is 0.422. The minimum absolute atomic E-state index is 0.180. The molecule has 0 bridgehead atoms. The molecule has 0 aromatic carbocycles. The molecule has 0 rings (SSSR count). The van der Waals surface area contributed by atoms with Gasteiger partial charge < -0.3 is 0 Å². The van der Waals surface area contributed by atoms with Crippen LogP contribution in [0.15, 0.2) is 0 Å². The van der Waals surface area contributed by atoms with Gasteiger partial charge in [-0.25, -0.2) is 12.7 Å². The molecule has 0 amide bonds. The molecule has 0 N–H and O–H groups in total. The van der Waals surface area contributed by atoms with E-state index in [9.17, 15) is 8.42 Å². The zero-order valence-electron chi connectivity index (χ0n) is 14.5. The van der Waals surface area contributed by atoms with Crippen LogP contribution in [0.4, 0.5) is 0 Å². The summed E-state index contributed by atoms with van der Waals surface area (Å²) >= 11 is 0. The number of nitrogens with zero attached hydrogens (tertiary/aromatic N) is 3. The van der Waals surface area contributed by atoms with Crippen LogP contribution in [0.2, 0.25) is 0 Å². The maximum absolute atomic E-state index is 12.4. The molecule has 0 unspecified atom stereocenters. The molecule has 0 aliphatic heterocycles. The van der Waals surface area contributed by atoms with Crippen molar-refractivity contribution in [1.82, 2.24) is 4.31 Å². The van der Waals surface area contributed by atoms with E-state index in [0.29, 0.717) is 45.2 Å². The van der Waals surface area contributed by atoms with Crippen LogP contribution in [0.1, 0.15) is 77.6 Å². The molecule has 0 radical (unpaired) electrons. The molecule has 6 heteroatoms. The lowest BCUT2D eigenvalue weighted by atomic mass is 10.1. The fraction of sp³-hybridized carbons (Fsp3) is 0.882. The number of rotatable bonds is 15. The summed E-state index contributed by atoms with van der Waals surface area (Å²) in [6.45, 7) is 2.95. The van der Waals surface area contributed by atoms with E-state index >= 15 is 0 Å². The molecule has 0 heterocycles. The number of sulfonamides is 1. The van der Waals surface area contributed by atoms with Gasteiger partial charge in [0, 0.05) is 25.9 Å². The molecule has 0 atom stereocenters. The molecule has 0 aromatic heterocycles. The predicted octanol–water partition coefficient (Wildman–Crippen LogP) is 3.98. The third-order valence-corrected chi connectivity index (χ3v) is 5.75. The van der Waals surface area contributed by atoms with Gasteiger partial charge in [-0.15, -0.1) is 0 Å². The topological polar surface area (TPSA) is 85.0 Å². The Morgan fingerprint density at radius 2 is 1.26 bits per heavy atom. The maximum Gasteiger partial charge on any atom is 0.214 e. The van der Waals surface area contributed by atoms with E-state index in [1.807, 2.05) is 12.1 Å². The lowest BCUT2D eigenvalue weighted by Gasteiger charge is -2.21. The average molecular weight is 342 g/mol. The molecule has 0 saturated carbocycles. The maximum atomic E-state index is 12.4. The predicted molar refractivity (Wildman–Crippen MR) is 93.0 cm³/mol. The van der Waals surface area contributed by atoms with Gasteiger partial charge in [-0.3, -0.25) is 0 Å². The van der Waals surface area contributed by atoms with Crippen molar-refractivity contribution in [2.24, 2.45) is 0 Å². The average Bonchev–Trinajstić information content (AvgIpc) is 2.52. The van der Waals surface area contributed by atoms with Crippen LogP contribution in [0.25, 0.3) is 0 Å². The second kappa shape index (κ2) is 14.5. The minimum atomic E-state index is -3.27. The highest BCUT2D eigenvalue weighted by molar-refractivity contribution is 7.89. The van der Waals surface area contributed by atoms with E-state index in [0.717, 1.165) is 12.8 Å². The van der Waals surface area contributed by atoms with Crippen molar-refractivity contribution < 1.29 is 8.42 Å². The highest BCUT2D eigenvalue weighted by atomic mass is 32.2. The second-order valence-electron chi connectivity index (χ2n) is 5.86. The van der Waals surface area contributed by atoms with Crippen molar-refractivity contribution in [3.05, 3.63) is 0 Å². The van der Waals surface area contributed by atoms with E-state index in [2.05, 4.69) is 6.92 Å². The molecule has 0 saturated heterocycles. The van der Waals surface area contributed by atoms with Crippen LogP contribution in [-0.2, 0) is 10.0 Å². The Balaban J connectivity index is 4.20. The highest BCUT2D eigenvalue weighted by Gasteiger charge is 2.20. The van der Waals surface area contributed by atoms with Gasteiger partial charge >= 0.3 is 0 Å². The first kappa shape index (κ1) is 21.9. The summed E-state index contributed by atoms with van der Waals surface area (Å²) in [5.74, 6) is 0.180. The van der Waals surface area contributed by atoms with Crippen LogP contribution in [0.5, 0.6) is 0 Å². The molecule has 132 valence electrons. The first-order valence-electron chi connectivity index (χ1n) is 8.80. The van der Waals surface area contributed by atoms with E-state index < -0.39 is 10.0 Å². The Morgan fingerprint density at radius 1 is 0.783 bits per heavy atom. The van der Waals surface area contributed by atoms with Crippen molar-refractivity contribution in [2.75, 3.05) is 18.8 Å². The molecule has 5 nitrogen and oxygen atoms in total. The van der Waals surface area contributed by atoms with Gasteiger partial charge in [0.05, 0.1) is 17.9 Å². The van der Waals surface area contributed by atoms with Crippen LogP contribution >= 0.6 is 0 Å². The number of nitriles is 2. The Labute approximate surface area is 142 Å². The third kappa shape index (κ3) is 12.0. The van der Waals surface area contributed by atoms with Gasteiger partial charge in [0.15, 0.2) is 0 Å². The van der Waals surface area contributed by atoms with Gasteiger partial charge in [0.1, 0.15) is 0 Å². The number of hydrogen-bond donors (Lipinski definition) is 0. The van der Waals surface area contributed by atoms with Crippen LogP contribution in [-0.4, -0.2) is 31.6 Å². The van der Waals surface area contributed by atoms with Crippen LogP contribution < -0.4 is 0 Å². The van der Waals surface area contributed by atoms with Crippen molar-refractivity contribution in [1.29, 1.82) is 10.5 Å². The van der Waals surface area contributed by atoms with Crippen molar-refractivity contribution in [3.63, 3.8) is 0 Å². The van der Waals surface area contributed by atoms with Crippen molar-refractivity contribution in [3.8, 4) is 12.1 Å². The van der Waals surface area contributed by atoms with Gasteiger partial charge in [-0.05, 0) is 19.3 Å². The molecule has 0 aliphatic carbocycles. The summed E-state index contributed by atoms with van der Waals surface area (Å²) < 4.78 is 26.3. The fourth-order valence-corrected chi connectivity index (χ4v) is 4.07. The van der Waals surface area contributed by atoms with E-state index in [-0.39, 0.29) is 5.75 Å². The zero-order valence-corrected chi connectivity index (χ0v) is 15.3. The highest BCUT2D eigenvalue weighted by Crippen LogP contribution is 2.12. The molecular weight excluding hydrogens is 310 g/mol. The van der Waals surface area contributed by atoms with Gasteiger partial charge in [-0.2, -0.15) is 10.5 Å². The van der Waals surface area contributed by atoms with Crippen LogP contribution in [0.3, 0.4) is 0 Å². The van der Waals surface area contributed by atoms with Crippen molar-refractivity contribution >= 4 is 10.0 Å².